The average Bonchev–Trinajstić information content (AvgIpc) is 3.23. The molecule has 1 atom stereocenters. The van der Waals surface area contributed by atoms with Gasteiger partial charge in [0.2, 0.25) is 0 Å². The Morgan fingerprint density at radius 1 is 1.00 bits per heavy atom. The molecule has 2 aliphatic rings. The highest BCUT2D eigenvalue weighted by Crippen LogP contribution is 2.24. The average molecular weight is 479 g/mol. The third kappa shape index (κ3) is 5.19. The third-order valence-corrected chi connectivity index (χ3v) is 7.79. The molecule has 2 aromatic rings. The molecule has 1 saturated heterocycles. The Bertz CT molecular complexity index is 853. The Balaban J connectivity index is 1.31. The lowest BCUT2D eigenvalue weighted by molar-refractivity contribution is 0.0496. The van der Waals surface area contributed by atoms with Crippen molar-refractivity contribution in [2.45, 2.75) is 48.8 Å². The number of carbonyl (C=O) groups excluding carboxylic acids is 1. The fourth-order valence-corrected chi connectivity index (χ4v) is 5.55. The first-order chi connectivity index (χ1) is 14.1. The van der Waals surface area contributed by atoms with Gasteiger partial charge in [-0.15, -0.1) is 0 Å². The summed E-state index contributed by atoms with van der Waals surface area (Å²) in [4.78, 5) is 18.0. The number of hydrogen-bond donors (Lipinski definition) is 0. The maximum absolute atomic E-state index is 12.8. The molecule has 156 valence electrons. The predicted molar refractivity (Wildman–Crippen MR) is 117 cm³/mol. The van der Waals surface area contributed by atoms with Gasteiger partial charge in [0.1, 0.15) is 5.76 Å². The monoisotopic (exact) mass is 478 g/mol. The summed E-state index contributed by atoms with van der Waals surface area (Å²) in [5, 5.41) is 0. The molecule has 1 aromatic heterocycles. The van der Waals surface area contributed by atoms with Crippen LogP contribution in [0.25, 0.3) is 0 Å². The number of rotatable bonds is 5. The molecule has 1 amide bonds. The van der Waals surface area contributed by atoms with Crippen LogP contribution in [0.1, 0.15) is 48.4 Å². The van der Waals surface area contributed by atoms with Gasteiger partial charge in [0, 0.05) is 41.6 Å². The number of amides is 1. The topological polar surface area (TPSA) is 53.8 Å². The zero-order chi connectivity index (χ0) is 20.2. The molecule has 1 aliphatic heterocycles. The molecule has 5 nitrogen and oxygen atoms in total. The van der Waals surface area contributed by atoms with E-state index in [0.29, 0.717) is 17.6 Å². The van der Waals surface area contributed by atoms with Gasteiger partial charge in [-0.1, -0.05) is 35.2 Å². The zero-order valence-electron chi connectivity index (χ0n) is 16.5. The van der Waals surface area contributed by atoms with Crippen LogP contribution in [0.4, 0.5) is 0 Å². The molecule has 4 rings (SSSR count). The fourth-order valence-electron chi connectivity index (χ4n) is 4.26. The van der Waals surface area contributed by atoms with E-state index in [2.05, 4.69) is 20.8 Å². The van der Waals surface area contributed by atoms with Gasteiger partial charge in [-0.25, -0.2) is 0 Å². The summed E-state index contributed by atoms with van der Waals surface area (Å²) in [7, 11) is -1.20. The Hall–Kier alpha value is -1.44. The minimum Gasteiger partial charge on any atom is -0.455 e. The van der Waals surface area contributed by atoms with Gasteiger partial charge >= 0.3 is 0 Å². The first kappa shape index (κ1) is 20.8. The molecule has 0 unspecified atom stereocenters. The molecule has 0 spiro atoms. The molecule has 0 bridgehead atoms. The summed E-state index contributed by atoms with van der Waals surface area (Å²) < 4.78 is 19.2. The summed E-state index contributed by atoms with van der Waals surface area (Å²) >= 11 is 3.38. The number of nitrogens with zero attached hydrogens (tertiary/aromatic N) is 2. The number of hydrogen-bond acceptors (Lipinski definition) is 4. The number of piperazine rings is 1. The standard InChI is InChI=1S/C22H27BrN2O3S/c23-17-6-9-20(10-7-17)29(27)16-19-8-11-21(28-19)22(26)25-14-12-24(13-15-25)18-4-2-1-3-5-18/h6-11,18H,1-5,12-16H2/t29-/m0/s1. The summed E-state index contributed by atoms with van der Waals surface area (Å²) in [6.45, 7) is 3.38. The molecule has 2 fully saturated rings. The highest BCUT2D eigenvalue weighted by atomic mass is 79.9. The van der Waals surface area contributed by atoms with E-state index in [1.165, 1.54) is 32.1 Å². The summed E-state index contributed by atoms with van der Waals surface area (Å²) in [5.41, 5.74) is 0. The van der Waals surface area contributed by atoms with Crippen molar-refractivity contribution in [3.8, 4) is 0 Å². The van der Waals surface area contributed by atoms with Crippen LogP contribution in [0.2, 0.25) is 0 Å². The van der Waals surface area contributed by atoms with Crippen LogP contribution in [-0.2, 0) is 16.6 Å². The highest BCUT2D eigenvalue weighted by molar-refractivity contribution is 9.10. The van der Waals surface area contributed by atoms with Crippen LogP contribution in [0.15, 0.2) is 50.2 Å². The van der Waals surface area contributed by atoms with E-state index in [9.17, 15) is 9.00 Å². The molecular weight excluding hydrogens is 452 g/mol. The van der Waals surface area contributed by atoms with Crippen molar-refractivity contribution in [3.05, 3.63) is 52.4 Å². The zero-order valence-corrected chi connectivity index (χ0v) is 18.9. The van der Waals surface area contributed by atoms with Crippen LogP contribution < -0.4 is 0 Å². The van der Waals surface area contributed by atoms with Gasteiger partial charge in [-0.3, -0.25) is 13.9 Å². The van der Waals surface area contributed by atoms with Gasteiger partial charge in [0.25, 0.3) is 5.91 Å². The highest BCUT2D eigenvalue weighted by Gasteiger charge is 2.28. The maximum Gasteiger partial charge on any atom is 0.289 e. The van der Waals surface area contributed by atoms with Crippen molar-refractivity contribution in [2.24, 2.45) is 0 Å². The minimum absolute atomic E-state index is 0.0611. The van der Waals surface area contributed by atoms with Crippen molar-refractivity contribution in [3.63, 3.8) is 0 Å². The molecule has 1 saturated carbocycles. The SMILES string of the molecule is O=C(c1ccc(C[S@](=O)c2ccc(Br)cc2)o1)N1CCN(C2CCCCC2)CC1. The summed E-state index contributed by atoms with van der Waals surface area (Å²) in [6, 6.07) is 11.6. The normalized spacial score (nSPS) is 20.0. The molecule has 0 N–H and O–H groups in total. The molecule has 0 radical (unpaired) electrons. The quantitative estimate of drug-likeness (QED) is 0.637. The largest absolute Gasteiger partial charge is 0.455 e. The summed E-state index contributed by atoms with van der Waals surface area (Å²) in [5.74, 6) is 1.13. The van der Waals surface area contributed by atoms with Crippen molar-refractivity contribution in [2.75, 3.05) is 26.2 Å². The van der Waals surface area contributed by atoms with E-state index >= 15 is 0 Å². The number of furan rings is 1. The third-order valence-electron chi connectivity index (χ3n) is 5.91. The first-order valence-electron chi connectivity index (χ1n) is 10.4. The van der Waals surface area contributed by atoms with Crippen molar-refractivity contribution in [1.29, 1.82) is 0 Å². The Morgan fingerprint density at radius 2 is 1.69 bits per heavy atom. The van der Waals surface area contributed by atoms with Crippen molar-refractivity contribution in [1.82, 2.24) is 9.80 Å². The van der Waals surface area contributed by atoms with Crippen LogP contribution in [0.5, 0.6) is 0 Å². The first-order valence-corrected chi connectivity index (χ1v) is 12.5. The van der Waals surface area contributed by atoms with Crippen molar-refractivity contribution < 1.29 is 13.4 Å². The lowest BCUT2D eigenvalue weighted by Crippen LogP contribution is -2.52. The van der Waals surface area contributed by atoms with Crippen LogP contribution >= 0.6 is 15.9 Å². The summed E-state index contributed by atoms with van der Waals surface area (Å²) in [6.07, 6.45) is 6.62. The van der Waals surface area contributed by atoms with E-state index in [0.717, 1.165) is 35.5 Å². The van der Waals surface area contributed by atoms with Crippen molar-refractivity contribution >= 4 is 32.6 Å². The second-order valence-electron chi connectivity index (χ2n) is 7.83. The number of benzene rings is 1. The van der Waals surface area contributed by atoms with E-state index in [1.807, 2.05) is 29.2 Å². The molecule has 29 heavy (non-hydrogen) atoms. The fraction of sp³-hybridized carbons (Fsp3) is 0.500. The number of halogens is 1. The van der Waals surface area contributed by atoms with E-state index in [-0.39, 0.29) is 11.7 Å². The van der Waals surface area contributed by atoms with Gasteiger partial charge < -0.3 is 9.32 Å². The smallest absolute Gasteiger partial charge is 0.289 e. The second kappa shape index (κ2) is 9.58. The van der Waals surface area contributed by atoms with Gasteiger partial charge in [0.15, 0.2) is 5.76 Å². The van der Waals surface area contributed by atoms with Crippen LogP contribution in [0, 0.1) is 0 Å². The predicted octanol–water partition coefficient (Wildman–Crippen LogP) is 4.44. The molecule has 1 aromatic carbocycles. The Kier molecular flexibility index (Phi) is 6.88. The second-order valence-corrected chi connectivity index (χ2v) is 10.2. The minimum atomic E-state index is -1.20. The van der Waals surface area contributed by atoms with Gasteiger partial charge in [0.05, 0.1) is 16.6 Å². The Morgan fingerprint density at radius 3 is 2.38 bits per heavy atom. The lowest BCUT2D eigenvalue weighted by Gasteiger charge is -2.40. The maximum atomic E-state index is 12.8. The number of carbonyl (C=O) groups is 1. The molecule has 2 heterocycles. The van der Waals surface area contributed by atoms with Gasteiger partial charge in [-0.2, -0.15) is 0 Å². The molecule has 1 aliphatic carbocycles. The molecular formula is C22H27BrN2O3S. The van der Waals surface area contributed by atoms with E-state index in [4.69, 9.17) is 4.42 Å². The lowest BCUT2D eigenvalue weighted by atomic mass is 9.94. The Labute approximate surface area is 183 Å². The van der Waals surface area contributed by atoms with E-state index < -0.39 is 10.8 Å². The van der Waals surface area contributed by atoms with Crippen LogP contribution in [0.3, 0.4) is 0 Å². The molecule has 7 heteroatoms. The van der Waals surface area contributed by atoms with Gasteiger partial charge in [-0.05, 0) is 49.2 Å². The van der Waals surface area contributed by atoms with E-state index in [1.54, 1.807) is 12.1 Å². The van der Waals surface area contributed by atoms with Crippen LogP contribution in [-0.4, -0.2) is 52.1 Å².